The van der Waals surface area contributed by atoms with Gasteiger partial charge in [-0.25, -0.2) is 14.5 Å². The Labute approximate surface area is 202 Å². The predicted molar refractivity (Wildman–Crippen MR) is 127 cm³/mol. The summed E-state index contributed by atoms with van der Waals surface area (Å²) in [6.07, 6.45) is -0.886. The summed E-state index contributed by atoms with van der Waals surface area (Å²) in [6.45, 7) is 4.60. The van der Waals surface area contributed by atoms with Gasteiger partial charge in [0.2, 0.25) is 0 Å². The van der Waals surface area contributed by atoms with Crippen LogP contribution in [-0.4, -0.2) is 47.7 Å². The molecule has 2 aromatic carbocycles. The van der Waals surface area contributed by atoms with Gasteiger partial charge < -0.3 is 10.1 Å². The Morgan fingerprint density at radius 1 is 1.21 bits per heavy atom. The second-order valence-corrected chi connectivity index (χ2v) is 9.02. The Hall–Kier alpha value is -3.66. The van der Waals surface area contributed by atoms with Crippen LogP contribution in [0.5, 0.6) is 5.75 Å². The quantitative estimate of drug-likeness (QED) is 0.535. The van der Waals surface area contributed by atoms with Crippen molar-refractivity contribution in [2.24, 2.45) is 10.6 Å². The highest BCUT2D eigenvalue weighted by molar-refractivity contribution is 6.30. The van der Waals surface area contributed by atoms with Crippen molar-refractivity contribution in [1.29, 1.82) is 0 Å². The molecule has 3 rings (SSSR count). The van der Waals surface area contributed by atoms with E-state index in [2.05, 4.69) is 15.8 Å². The number of carbonyl (C=O) groups is 3. The molecule has 0 radical (unpaired) electrons. The number of rotatable bonds is 8. The molecule has 11 heteroatoms. The van der Waals surface area contributed by atoms with Gasteiger partial charge in [-0.3, -0.25) is 15.0 Å². The third-order valence-electron chi connectivity index (χ3n) is 5.47. The molecule has 1 fully saturated rings. The van der Waals surface area contributed by atoms with Gasteiger partial charge in [0.25, 0.3) is 5.91 Å². The summed E-state index contributed by atoms with van der Waals surface area (Å²) in [4.78, 5) is 51.3. The lowest BCUT2D eigenvalue weighted by atomic mass is 9.92. The predicted octanol–water partition coefficient (Wildman–Crippen LogP) is 4.32. The number of nitrogens with one attached hydrogen (secondary N) is 2. The summed E-state index contributed by atoms with van der Waals surface area (Å²) in [5, 5.41) is 8.93. The van der Waals surface area contributed by atoms with Crippen LogP contribution in [0.1, 0.15) is 25.0 Å². The monoisotopic (exact) mass is 487 g/mol. The molecule has 1 aliphatic rings. The van der Waals surface area contributed by atoms with Crippen LogP contribution in [0.4, 0.5) is 15.3 Å². The molecule has 180 valence electrons. The van der Waals surface area contributed by atoms with Crippen molar-refractivity contribution in [3.63, 3.8) is 0 Å². The maximum Gasteiger partial charge on any atom is 0.331 e. The van der Waals surface area contributed by atoms with E-state index in [-0.39, 0.29) is 13.1 Å². The molecule has 0 saturated carbocycles. The molecule has 2 N–H and O–H groups in total. The van der Waals surface area contributed by atoms with E-state index in [4.69, 9.17) is 16.3 Å². The number of amides is 5. The van der Waals surface area contributed by atoms with E-state index >= 15 is 0 Å². The van der Waals surface area contributed by atoms with E-state index in [0.29, 0.717) is 16.5 Å². The lowest BCUT2D eigenvalue weighted by Crippen LogP contribution is -2.68. The van der Waals surface area contributed by atoms with Crippen LogP contribution in [0.3, 0.4) is 0 Å². The zero-order chi connectivity index (χ0) is 25.0. The molecule has 10 nitrogen and oxygen atoms in total. The summed E-state index contributed by atoms with van der Waals surface area (Å²) in [5.74, 6) is -0.250. The standard InChI is InChI=1S/C23H26ClN5O5/c1-14-11-17(9-10-18(14)34-4)25-20-26-21(31)29(13-23(2,3)19(30)27-33)22(32)28(20)12-15-5-7-16(24)8-6-15/h5-11,20,25H,12-13H2,1-4H3,(H,26,31). The zero-order valence-corrected chi connectivity index (χ0v) is 20.0. The van der Waals surface area contributed by atoms with Crippen molar-refractivity contribution >= 4 is 35.3 Å². The van der Waals surface area contributed by atoms with E-state index in [1.165, 1.54) is 18.7 Å². The van der Waals surface area contributed by atoms with Gasteiger partial charge in [-0.1, -0.05) is 23.7 Å². The van der Waals surface area contributed by atoms with E-state index in [1.807, 2.05) is 13.0 Å². The van der Waals surface area contributed by atoms with Crippen molar-refractivity contribution in [3.05, 3.63) is 63.5 Å². The molecular weight excluding hydrogens is 462 g/mol. The van der Waals surface area contributed by atoms with Gasteiger partial charge in [0.1, 0.15) is 5.75 Å². The Morgan fingerprint density at radius 3 is 2.47 bits per heavy atom. The fourth-order valence-electron chi connectivity index (χ4n) is 3.54. The average molecular weight is 488 g/mol. The molecular formula is C23H26ClN5O5. The number of carbonyl (C=O) groups excluding carboxylic acids is 3. The number of anilines is 1. The molecule has 1 atom stereocenters. The Bertz CT molecular complexity index is 1110. The van der Waals surface area contributed by atoms with E-state index in [0.717, 1.165) is 16.0 Å². The highest BCUT2D eigenvalue weighted by atomic mass is 35.5. The number of methoxy groups -OCH3 is 1. The second kappa shape index (κ2) is 10.1. The summed E-state index contributed by atoms with van der Waals surface area (Å²) in [5.41, 5.74) is 0.963. The lowest BCUT2D eigenvalue weighted by molar-refractivity contribution is -0.126. The normalized spacial score (nSPS) is 16.2. The van der Waals surface area contributed by atoms with Crippen LogP contribution in [0.2, 0.25) is 5.02 Å². The zero-order valence-electron chi connectivity index (χ0n) is 19.3. The third kappa shape index (κ3) is 5.45. The first kappa shape index (κ1) is 25.0. The number of benzene rings is 2. The van der Waals surface area contributed by atoms with Crippen molar-refractivity contribution in [2.75, 3.05) is 19.0 Å². The summed E-state index contributed by atoms with van der Waals surface area (Å²) >= 11 is 5.98. The van der Waals surface area contributed by atoms with Crippen LogP contribution >= 0.6 is 11.6 Å². The van der Waals surface area contributed by atoms with Crippen LogP contribution in [-0.2, 0) is 11.3 Å². The fraction of sp³-hybridized carbons (Fsp3) is 0.348. The van der Waals surface area contributed by atoms with Crippen LogP contribution < -0.4 is 15.4 Å². The van der Waals surface area contributed by atoms with Gasteiger partial charge in [-0.2, -0.15) is 0 Å². The van der Waals surface area contributed by atoms with Crippen molar-refractivity contribution in [1.82, 2.24) is 15.1 Å². The first-order chi connectivity index (χ1) is 16.1. The Balaban J connectivity index is 1.91. The molecule has 2 aromatic rings. The largest absolute Gasteiger partial charge is 0.496 e. The molecule has 0 aromatic heterocycles. The molecule has 1 unspecified atom stereocenters. The molecule has 5 amide bonds. The highest BCUT2D eigenvalue weighted by Gasteiger charge is 2.43. The molecule has 0 aliphatic carbocycles. The van der Waals surface area contributed by atoms with Gasteiger partial charge >= 0.3 is 12.1 Å². The molecule has 1 aliphatic heterocycles. The minimum Gasteiger partial charge on any atom is -0.496 e. The molecule has 1 saturated heterocycles. The Kier molecular flexibility index (Phi) is 7.41. The number of nitrogens with zero attached hydrogens (tertiary/aromatic N) is 3. The van der Waals surface area contributed by atoms with Gasteiger partial charge in [-0.15, -0.1) is 4.91 Å². The second-order valence-electron chi connectivity index (χ2n) is 8.58. The van der Waals surface area contributed by atoms with E-state index in [1.54, 1.807) is 43.5 Å². The number of nitroso groups, excluding NO2 is 1. The number of ether oxygens (including phenoxy) is 1. The maximum absolute atomic E-state index is 13.4. The summed E-state index contributed by atoms with van der Waals surface area (Å²) < 4.78 is 5.29. The highest BCUT2D eigenvalue weighted by Crippen LogP contribution is 2.26. The number of halogens is 1. The number of urea groups is 2. The minimum atomic E-state index is -1.34. The molecule has 0 bridgehead atoms. The lowest BCUT2D eigenvalue weighted by Gasteiger charge is -2.42. The summed E-state index contributed by atoms with van der Waals surface area (Å²) in [7, 11) is 1.57. The summed E-state index contributed by atoms with van der Waals surface area (Å²) in [6, 6.07) is 11.0. The third-order valence-corrected chi connectivity index (χ3v) is 5.73. The Morgan fingerprint density at radius 2 is 1.88 bits per heavy atom. The van der Waals surface area contributed by atoms with Gasteiger partial charge in [0, 0.05) is 22.4 Å². The van der Waals surface area contributed by atoms with Crippen molar-refractivity contribution < 1.29 is 19.1 Å². The van der Waals surface area contributed by atoms with E-state index in [9.17, 15) is 19.3 Å². The number of aryl methyl sites for hydroxylation is 1. The maximum atomic E-state index is 13.4. The molecule has 34 heavy (non-hydrogen) atoms. The van der Waals surface area contributed by atoms with Crippen LogP contribution in [0.15, 0.2) is 47.6 Å². The SMILES string of the molecule is COc1ccc(NC2NC(=O)N(CC(C)(C)C(=O)N=O)C(=O)N2Cc2ccc(Cl)cc2)cc1C. The molecule has 0 spiro atoms. The average Bonchev–Trinajstić information content (AvgIpc) is 2.80. The first-order valence-electron chi connectivity index (χ1n) is 10.5. The van der Waals surface area contributed by atoms with Crippen molar-refractivity contribution in [3.8, 4) is 5.75 Å². The number of hydrogen-bond acceptors (Lipinski definition) is 6. The first-order valence-corrected chi connectivity index (χ1v) is 10.9. The topological polar surface area (TPSA) is 120 Å². The van der Waals surface area contributed by atoms with Crippen LogP contribution in [0, 0.1) is 17.2 Å². The smallest absolute Gasteiger partial charge is 0.331 e. The van der Waals surface area contributed by atoms with Crippen molar-refractivity contribution in [2.45, 2.75) is 33.6 Å². The van der Waals surface area contributed by atoms with E-state index < -0.39 is 29.7 Å². The molecule has 1 heterocycles. The van der Waals surface area contributed by atoms with Crippen LogP contribution in [0.25, 0.3) is 0 Å². The van der Waals surface area contributed by atoms with Gasteiger partial charge in [-0.05, 0) is 62.2 Å². The number of imide groups is 1. The van der Waals surface area contributed by atoms with Gasteiger partial charge in [0.05, 0.1) is 19.1 Å². The fourth-order valence-corrected chi connectivity index (χ4v) is 3.66. The number of hydrogen-bond donors (Lipinski definition) is 2. The minimum absolute atomic E-state index is 0.139. The van der Waals surface area contributed by atoms with Gasteiger partial charge in [0.15, 0.2) is 6.29 Å².